The summed E-state index contributed by atoms with van der Waals surface area (Å²) < 4.78 is 17.1. The van der Waals surface area contributed by atoms with Crippen molar-refractivity contribution in [2.75, 3.05) is 26.4 Å². The van der Waals surface area contributed by atoms with E-state index in [2.05, 4.69) is 27.0 Å². The highest BCUT2D eigenvalue weighted by atomic mass is 16.5. The lowest BCUT2D eigenvalue weighted by Gasteiger charge is -2.30. The summed E-state index contributed by atoms with van der Waals surface area (Å²) in [5.41, 5.74) is 5.85. The number of rotatable bonds is 19. The Kier molecular flexibility index (Phi) is 17.3. The Morgan fingerprint density at radius 1 is 0.812 bits per heavy atom. The van der Waals surface area contributed by atoms with Crippen molar-refractivity contribution in [1.82, 2.24) is 0 Å². The summed E-state index contributed by atoms with van der Waals surface area (Å²) in [5, 5.41) is 10.4. The molecular weight excluding hydrogens is 604 g/mol. The number of aliphatic hydroxyl groups excluding tert-OH is 1. The molecule has 0 aliphatic heterocycles. The molecule has 0 heterocycles. The smallest absolute Gasteiger partial charge is 0.313 e. The first-order valence-electron chi connectivity index (χ1n) is 18.6. The van der Waals surface area contributed by atoms with Crippen molar-refractivity contribution in [2.45, 2.75) is 137 Å². The Morgan fingerprint density at radius 3 is 2.00 bits per heavy atom. The normalized spacial score (nSPS) is 19.6. The second-order valence-corrected chi connectivity index (χ2v) is 14.1. The molecule has 1 atom stereocenters. The zero-order chi connectivity index (χ0) is 35.1. The molecule has 1 aromatic carbocycles. The summed E-state index contributed by atoms with van der Waals surface area (Å²) in [7, 11) is 0. The number of benzene rings is 1. The van der Waals surface area contributed by atoms with E-state index >= 15 is 0 Å². The third-order valence-electron chi connectivity index (χ3n) is 10.6. The lowest BCUT2D eigenvalue weighted by Crippen LogP contribution is -2.30. The minimum absolute atomic E-state index is 0.0248. The van der Waals surface area contributed by atoms with Crippen molar-refractivity contribution in [3.8, 4) is 5.75 Å². The van der Waals surface area contributed by atoms with Crippen molar-refractivity contribution in [1.29, 1.82) is 0 Å². The Bertz CT molecular complexity index is 1230. The molecule has 0 aromatic heterocycles. The number of carbonyl (C=O) groups is 3. The summed E-state index contributed by atoms with van der Waals surface area (Å²) in [5.74, 6) is 1.26. The Balaban J connectivity index is 1.26. The van der Waals surface area contributed by atoms with Gasteiger partial charge in [0.25, 0.3) is 0 Å². The van der Waals surface area contributed by atoms with Gasteiger partial charge in [-0.1, -0.05) is 58.3 Å². The fourth-order valence-corrected chi connectivity index (χ4v) is 7.70. The lowest BCUT2D eigenvalue weighted by atomic mass is 9.73. The molecule has 0 spiro atoms. The Labute approximate surface area is 289 Å². The average molecular weight is 667 g/mol. The molecule has 2 fully saturated rings. The van der Waals surface area contributed by atoms with E-state index < -0.39 is 6.10 Å². The highest BCUT2D eigenvalue weighted by molar-refractivity contribution is 5.85. The second kappa shape index (κ2) is 20.8. The van der Waals surface area contributed by atoms with Crippen LogP contribution in [0.3, 0.4) is 0 Å². The molecule has 2 aliphatic carbocycles. The molecule has 268 valence electrons. The van der Waals surface area contributed by atoms with Crippen molar-refractivity contribution >= 4 is 29.2 Å². The molecule has 2 aliphatic rings. The van der Waals surface area contributed by atoms with Crippen molar-refractivity contribution in [3.05, 3.63) is 41.0 Å². The number of ether oxygens (including phenoxy) is 3. The van der Waals surface area contributed by atoms with Gasteiger partial charge in [-0.3, -0.25) is 14.4 Å². The molecule has 1 aromatic rings. The van der Waals surface area contributed by atoms with Gasteiger partial charge >= 0.3 is 5.97 Å². The van der Waals surface area contributed by atoms with E-state index in [-0.39, 0.29) is 42.5 Å². The standard InChI is InChI=1S/C41H62O7/c1-7-35-29(5)36(8-2)39(28(3)4)41(30(35)6)48-38(44)23-25-47-27-26-46-24-22-34(42)20-21-37(43)31-16-18-33(19-17-31)40(45)32-14-12-10-9-11-13-15-32/h7,31-34,42H,1,3,8-27H2,2,4-6H3. The van der Waals surface area contributed by atoms with E-state index in [1.165, 1.54) is 32.1 Å². The molecule has 0 saturated heterocycles. The fraction of sp³-hybridized carbons (Fsp3) is 0.683. The van der Waals surface area contributed by atoms with Crippen molar-refractivity contribution < 1.29 is 33.7 Å². The number of Topliss-reactive ketones (excluding diaryl/α,β-unsaturated/α-hetero) is 2. The minimum atomic E-state index is -0.592. The van der Waals surface area contributed by atoms with Crippen LogP contribution in [-0.2, 0) is 30.3 Å². The van der Waals surface area contributed by atoms with Gasteiger partial charge in [0, 0.05) is 36.3 Å². The van der Waals surface area contributed by atoms with Gasteiger partial charge in [-0.05, 0) is 106 Å². The van der Waals surface area contributed by atoms with E-state index in [1.54, 1.807) is 6.08 Å². The van der Waals surface area contributed by atoms with Crippen molar-refractivity contribution in [3.63, 3.8) is 0 Å². The Morgan fingerprint density at radius 2 is 1.40 bits per heavy atom. The van der Waals surface area contributed by atoms with Crippen LogP contribution in [0.2, 0.25) is 0 Å². The fourth-order valence-electron chi connectivity index (χ4n) is 7.70. The van der Waals surface area contributed by atoms with Gasteiger partial charge in [0.2, 0.25) is 0 Å². The zero-order valence-electron chi connectivity index (χ0n) is 30.3. The largest absolute Gasteiger partial charge is 0.425 e. The highest BCUT2D eigenvalue weighted by Crippen LogP contribution is 2.39. The highest BCUT2D eigenvalue weighted by Gasteiger charge is 2.33. The van der Waals surface area contributed by atoms with Crippen molar-refractivity contribution in [2.24, 2.45) is 17.8 Å². The number of esters is 1. The molecular formula is C41H62O7. The van der Waals surface area contributed by atoms with Gasteiger partial charge in [0.15, 0.2) is 0 Å². The van der Waals surface area contributed by atoms with E-state index in [0.29, 0.717) is 50.6 Å². The molecule has 7 heteroatoms. The first-order chi connectivity index (χ1) is 23.1. The minimum Gasteiger partial charge on any atom is -0.425 e. The molecule has 7 nitrogen and oxygen atoms in total. The maximum Gasteiger partial charge on any atom is 0.313 e. The molecule has 0 bridgehead atoms. The summed E-state index contributed by atoms with van der Waals surface area (Å²) in [6.07, 6.45) is 14.9. The predicted octanol–water partition coefficient (Wildman–Crippen LogP) is 8.71. The number of allylic oxidation sites excluding steroid dienone is 1. The maximum atomic E-state index is 13.1. The molecule has 2 saturated carbocycles. The number of hydrogen-bond donors (Lipinski definition) is 1. The van der Waals surface area contributed by atoms with Crippen LogP contribution in [0, 0.1) is 31.6 Å². The molecule has 3 rings (SSSR count). The third kappa shape index (κ3) is 11.8. The predicted molar refractivity (Wildman–Crippen MR) is 193 cm³/mol. The number of ketones is 2. The average Bonchev–Trinajstić information content (AvgIpc) is 3.05. The molecule has 0 amide bonds. The van der Waals surface area contributed by atoms with Crippen LogP contribution < -0.4 is 4.74 Å². The van der Waals surface area contributed by atoms with Crippen LogP contribution >= 0.6 is 0 Å². The van der Waals surface area contributed by atoms with E-state index in [9.17, 15) is 19.5 Å². The number of hydrogen-bond acceptors (Lipinski definition) is 7. The molecule has 1 unspecified atom stereocenters. The Hall–Kier alpha value is -2.61. The quantitative estimate of drug-likeness (QED) is 0.0896. The van der Waals surface area contributed by atoms with E-state index in [1.807, 2.05) is 13.8 Å². The monoisotopic (exact) mass is 666 g/mol. The van der Waals surface area contributed by atoms with Gasteiger partial charge in [-0.2, -0.15) is 0 Å². The molecule has 1 N–H and O–H groups in total. The summed E-state index contributed by atoms with van der Waals surface area (Å²) in [6, 6.07) is 0. The van der Waals surface area contributed by atoms with Crippen LogP contribution in [0.4, 0.5) is 0 Å². The summed E-state index contributed by atoms with van der Waals surface area (Å²) >= 11 is 0. The first-order valence-corrected chi connectivity index (χ1v) is 18.6. The summed E-state index contributed by atoms with van der Waals surface area (Å²) in [6.45, 7) is 17.4. The SMILES string of the molecule is C=Cc1c(C)c(CC)c(C(=C)C)c(OC(=O)CCOCCOCCC(O)CCC(=O)C2CCC(C(=O)C3CCCCCCC3)CC2)c1C. The molecule has 0 radical (unpaired) electrons. The first kappa shape index (κ1) is 39.8. The van der Waals surface area contributed by atoms with Crippen LogP contribution in [0.15, 0.2) is 13.2 Å². The van der Waals surface area contributed by atoms with E-state index in [0.717, 1.165) is 78.3 Å². The van der Waals surface area contributed by atoms with Gasteiger partial charge in [0.05, 0.1) is 32.3 Å². The van der Waals surface area contributed by atoms with Gasteiger partial charge in [-0.15, -0.1) is 0 Å². The van der Waals surface area contributed by atoms with Crippen LogP contribution in [-0.4, -0.2) is 55.2 Å². The number of carbonyl (C=O) groups excluding carboxylic acids is 3. The summed E-state index contributed by atoms with van der Waals surface area (Å²) in [4.78, 5) is 38.7. The third-order valence-corrected chi connectivity index (χ3v) is 10.6. The van der Waals surface area contributed by atoms with Gasteiger partial charge in [0.1, 0.15) is 17.3 Å². The van der Waals surface area contributed by atoms with Crippen LogP contribution in [0.1, 0.15) is 138 Å². The topological polar surface area (TPSA) is 99.1 Å². The maximum absolute atomic E-state index is 13.1. The number of aliphatic hydroxyl groups is 1. The molecule has 48 heavy (non-hydrogen) atoms. The van der Waals surface area contributed by atoms with Gasteiger partial charge < -0.3 is 19.3 Å². The van der Waals surface area contributed by atoms with Crippen LogP contribution in [0.25, 0.3) is 11.6 Å². The van der Waals surface area contributed by atoms with Crippen LogP contribution in [0.5, 0.6) is 5.75 Å². The lowest BCUT2D eigenvalue weighted by molar-refractivity contribution is -0.135. The van der Waals surface area contributed by atoms with Gasteiger partial charge in [-0.25, -0.2) is 0 Å². The second-order valence-electron chi connectivity index (χ2n) is 14.1. The van der Waals surface area contributed by atoms with E-state index in [4.69, 9.17) is 14.2 Å². The zero-order valence-corrected chi connectivity index (χ0v) is 30.3.